The number of para-hydroxylation sites is 1. The van der Waals surface area contributed by atoms with Crippen molar-refractivity contribution in [3.63, 3.8) is 0 Å². The van der Waals surface area contributed by atoms with Gasteiger partial charge in [0.05, 0.1) is 0 Å². The van der Waals surface area contributed by atoms with Crippen molar-refractivity contribution < 1.29 is 4.74 Å². The standard InChI is InChI=1S/C18H22ClNO/c1-4-13(2)16-7-5-6-8-18(16)21-15-10-9-14(12-20-3)17(19)11-15/h5-11,13,20H,4,12H2,1-3H3. The molecule has 0 saturated heterocycles. The highest BCUT2D eigenvalue weighted by atomic mass is 35.5. The van der Waals surface area contributed by atoms with E-state index in [-0.39, 0.29) is 0 Å². The van der Waals surface area contributed by atoms with Crippen LogP contribution in [0.2, 0.25) is 5.02 Å². The predicted octanol–water partition coefficient (Wildman–Crippen LogP) is 5.37. The Labute approximate surface area is 132 Å². The highest BCUT2D eigenvalue weighted by molar-refractivity contribution is 6.31. The van der Waals surface area contributed by atoms with Crippen molar-refractivity contribution in [3.05, 3.63) is 58.6 Å². The lowest BCUT2D eigenvalue weighted by molar-refractivity contribution is 0.470. The summed E-state index contributed by atoms with van der Waals surface area (Å²) in [6.45, 7) is 5.15. The molecule has 2 aromatic carbocycles. The minimum atomic E-state index is 0.472. The summed E-state index contributed by atoms with van der Waals surface area (Å²) in [5, 5.41) is 3.83. The van der Waals surface area contributed by atoms with Gasteiger partial charge in [-0.2, -0.15) is 0 Å². The zero-order chi connectivity index (χ0) is 15.2. The number of benzene rings is 2. The number of ether oxygens (including phenoxy) is 1. The zero-order valence-electron chi connectivity index (χ0n) is 12.8. The smallest absolute Gasteiger partial charge is 0.130 e. The lowest BCUT2D eigenvalue weighted by Gasteiger charge is -2.16. The molecule has 0 radical (unpaired) electrons. The van der Waals surface area contributed by atoms with E-state index in [1.54, 1.807) is 0 Å². The fourth-order valence-electron chi connectivity index (χ4n) is 2.25. The molecule has 0 spiro atoms. The molecule has 2 rings (SSSR count). The van der Waals surface area contributed by atoms with Gasteiger partial charge in [0, 0.05) is 11.6 Å². The highest BCUT2D eigenvalue weighted by Crippen LogP contribution is 2.33. The van der Waals surface area contributed by atoms with E-state index in [2.05, 4.69) is 31.3 Å². The Balaban J connectivity index is 2.24. The van der Waals surface area contributed by atoms with Gasteiger partial charge in [-0.3, -0.25) is 0 Å². The second-order valence-corrected chi connectivity index (χ2v) is 5.64. The molecule has 1 unspecified atom stereocenters. The summed E-state index contributed by atoms with van der Waals surface area (Å²) in [5.74, 6) is 2.15. The predicted molar refractivity (Wildman–Crippen MR) is 89.4 cm³/mol. The average Bonchev–Trinajstić information content (AvgIpc) is 2.50. The monoisotopic (exact) mass is 303 g/mol. The fraction of sp³-hybridized carbons (Fsp3) is 0.333. The van der Waals surface area contributed by atoms with Crippen molar-refractivity contribution in [2.75, 3.05) is 7.05 Å². The largest absolute Gasteiger partial charge is 0.457 e. The van der Waals surface area contributed by atoms with Crippen LogP contribution in [0.1, 0.15) is 37.3 Å². The minimum absolute atomic E-state index is 0.472. The van der Waals surface area contributed by atoms with Crippen LogP contribution < -0.4 is 10.1 Å². The second-order valence-electron chi connectivity index (χ2n) is 5.23. The molecule has 0 aliphatic heterocycles. The summed E-state index contributed by atoms with van der Waals surface area (Å²) in [6, 6.07) is 14.0. The molecule has 3 heteroatoms. The first-order valence-corrected chi connectivity index (χ1v) is 7.73. The van der Waals surface area contributed by atoms with Crippen molar-refractivity contribution in [2.45, 2.75) is 32.7 Å². The van der Waals surface area contributed by atoms with Gasteiger partial charge in [0.25, 0.3) is 0 Å². The van der Waals surface area contributed by atoms with E-state index in [9.17, 15) is 0 Å². The molecule has 2 aromatic rings. The lowest BCUT2D eigenvalue weighted by atomic mass is 9.98. The quantitative estimate of drug-likeness (QED) is 0.775. The van der Waals surface area contributed by atoms with Crippen molar-refractivity contribution in [2.24, 2.45) is 0 Å². The van der Waals surface area contributed by atoms with Crippen LogP contribution in [0.15, 0.2) is 42.5 Å². The summed E-state index contributed by atoms with van der Waals surface area (Å²) in [5.41, 5.74) is 2.30. The van der Waals surface area contributed by atoms with Gasteiger partial charge >= 0.3 is 0 Å². The number of rotatable bonds is 6. The molecule has 1 atom stereocenters. The van der Waals surface area contributed by atoms with Crippen molar-refractivity contribution in [1.82, 2.24) is 5.32 Å². The molecule has 0 aromatic heterocycles. The SMILES string of the molecule is CCC(C)c1ccccc1Oc1ccc(CNC)c(Cl)c1. The minimum Gasteiger partial charge on any atom is -0.457 e. The first kappa shape index (κ1) is 15.9. The third-order valence-corrected chi connectivity index (χ3v) is 4.03. The Bertz CT molecular complexity index is 598. The van der Waals surface area contributed by atoms with Crippen LogP contribution >= 0.6 is 11.6 Å². The summed E-state index contributed by atoms with van der Waals surface area (Å²) in [6.07, 6.45) is 1.09. The molecule has 112 valence electrons. The third kappa shape index (κ3) is 3.99. The Hall–Kier alpha value is -1.51. The third-order valence-electron chi connectivity index (χ3n) is 3.68. The van der Waals surface area contributed by atoms with Gasteiger partial charge in [0.15, 0.2) is 0 Å². The Morgan fingerprint density at radius 3 is 2.62 bits per heavy atom. The maximum absolute atomic E-state index is 6.28. The fourth-order valence-corrected chi connectivity index (χ4v) is 2.49. The van der Waals surface area contributed by atoms with Crippen LogP contribution in [0.25, 0.3) is 0 Å². The van der Waals surface area contributed by atoms with Crippen LogP contribution in [0.3, 0.4) is 0 Å². The summed E-state index contributed by atoms with van der Waals surface area (Å²) in [4.78, 5) is 0. The molecule has 0 bridgehead atoms. The van der Waals surface area contributed by atoms with Crippen LogP contribution in [0.4, 0.5) is 0 Å². The molecule has 0 heterocycles. The molecule has 0 saturated carbocycles. The van der Waals surface area contributed by atoms with Crippen LogP contribution in [0.5, 0.6) is 11.5 Å². The molecule has 0 fully saturated rings. The van der Waals surface area contributed by atoms with Gasteiger partial charge in [-0.1, -0.05) is 49.7 Å². The van der Waals surface area contributed by atoms with E-state index in [1.807, 2.05) is 37.4 Å². The van der Waals surface area contributed by atoms with E-state index in [0.29, 0.717) is 5.92 Å². The van der Waals surface area contributed by atoms with E-state index in [0.717, 1.165) is 35.1 Å². The van der Waals surface area contributed by atoms with Crippen molar-refractivity contribution >= 4 is 11.6 Å². The van der Waals surface area contributed by atoms with Crippen LogP contribution in [-0.4, -0.2) is 7.05 Å². The first-order chi connectivity index (χ1) is 10.2. The van der Waals surface area contributed by atoms with Gasteiger partial charge in [0.1, 0.15) is 11.5 Å². The number of hydrogen-bond donors (Lipinski definition) is 1. The molecule has 2 nitrogen and oxygen atoms in total. The van der Waals surface area contributed by atoms with Gasteiger partial charge in [-0.05, 0) is 48.7 Å². The normalized spacial score (nSPS) is 12.2. The average molecular weight is 304 g/mol. The van der Waals surface area contributed by atoms with E-state index >= 15 is 0 Å². The summed E-state index contributed by atoms with van der Waals surface area (Å²) < 4.78 is 6.04. The molecular formula is C18H22ClNO. The van der Waals surface area contributed by atoms with Crippen molar-refractivity contribution in [3.8, 4) is 11.5 Å². The maximum atomic E-state index is 6.28. The maximum Gasteiger partial charge on any atom is 0.130 e. The Morgan fingerprint density at radius 2 is 1.95 bits per heavy atom. The van der Waals surface area contributed by atoms with Gasteiger partial charge < -0.3 is 10.1 Å². The van der Waals surface area contributed by atoms with E-state index in [1.165, 1.54) is 5.56 Å². The van der Waals surface area contributed by atoms with Gasteiger partial charge in [-0.25, -0.2) is 0 Å². The molecule has 0 aliphatic rings. The van der Waals surface area contributed by atoms with E-state index in [4.69, 9.17) is 16.3 Å². The summed E-state index contributed by atoms with van der Waals surface area (Å²) >= 11 is 6.28. The Morgan fingerprint density at radius 1 is 1.19 bits per heavy atom. The van der Waals surface area contributed by atoms with E-state index < -0.39 is 0 Å². The Kier molecular flexibility index (Phi) is 5.66. The van der Waals surface area contributed by atoms with Crippen molar-refractivity contribution in [1.29, 1.82) is 0 Å². The number of hydrogen-bond acceptors (Lipinski definition) is 2. The number of nitrogens with one attached hydrogen (secondary N) is 1. The highest BCUT2D eigenvalue weighted by Gasteiger charge is 2.11. The van der Waals surface area contributed by atoms with Crippen LogP contribution in [0, 0.1) is 0 Å². The molecule has 21 heavy (non-hydrogen) atoms. The molecular weight excluding hydrogens is 282 g/mol. The first-order valence-electron chi connectivity index (χ1n) is 7.35. The van der Waals surface area contributed by atoms with Crippen LogP contribution in [-0.2, 0) is 6.54 Å². The van der Waals surface area contributed by atoms with Gasteiger partial charge in [0.2, 0.25) is 0 Å². The summed E-state index contributed by atoms with van der Waals surface area (Å²) in [7, 11) is 1.91. The lowest BCUT2D eigenvalue weighted by Crippen LogP contribution is -2.05. The van der Waals surface area contributed by atoms with Gasteiger partial charge in [-0.15, -0.1) is 0 Å². The molecule has 1 N–H and O–H groups in total. The second kappa shape index (κ2) is 7.48. The number of halogens is 1. The molecule has 0 aliphatic carbocycles. The molecule has 0 amide bonds. The topological polar surface area (TPSA) is 21.3 Å². The zero-order valence-corrected chi connectivity index (χ0v) is 13.6.